The second-order valence-corrected chi connectivity index (χ2v) is 5.93. The van der Waals surface area contributed by atoms with Crippen LogP contribution in [0.5, 0.6) is 0 Å². The van der Waals surface area contributed by atoms with Gasteiger partial charge in [-0.3, -0.25) is 0 Å². The van der Waals surface area contributed by atoms with E-state index in [-0.39, 0.29) is 0 Å². The fraction of sp³-hybridized carbons (Fsp3) is 1.00. The van der Waals surface area contributed by atoms with E-state index in [4.69, 9.17) is 0 Å². The average Bonchev–Trinajstić information content (AvgIpc) is 2.29. The lowest BCUT2D eigenvalue weighted by atomic mass is 9.80. The maximum Gasteiger partial charge on any atom is 0.00953 e. The summed E-state index contributed by atoms with van der Waals surface area (Å²) < 4.78 is 0. The zero-order valence-corrected chi connectivity index (χ0v) is 9.34. The Morgan fingerprint density at radius 2 is 1.77 bits per heavy atom. The Hall–Kier alpha value is -0.0400. The first-order valence-corrected chi connectivity index (χ1v) is 5.81. The van der Waals surface area contributed by atoms with Crippen LogP contribution in [0.1, 0.15) is 46.5 Å². The minimum absolute atomic E-state index is 0.526. The van der Waals surface area contributed by atoms with Gasteiger partial charge in [0.05, 0.1) is 0 Å². The number of likely N-dealkylation sites (tertiary alicyclic amines) is 1. The van der Waals surface area contributed by atoms with Crippen molar-refractivity contribution in [3.63, 3.8) is 0 Å². The van der Waals surface area contributed by atoms with Crippen molar-refractivity contribution in [2.45, 2.75) is 52.5 Å². The molecule has 1 heterocycles. The Kier molecular flexibility index (Phi) is 2.39. The molecule has 0 spiro atoms. The minimum atomic E-state index is 0.526. The largest absolute Gasteiger partial charge is 0.300 e. The molecule has 13 heavy (non-hydrogen) atoms. The third kappa shape index (κ3) is 1.90. The van der Waals surface area contributed by atoms with Gasteiger partial charge in [0.15, 0.2) is 0 Å². The fourth-order valence-corrected chi connectivity index (χ4v) is 2.58. The monoisotopic (exact) mass is 181 g/mol. The highest BCUT2D eigenvalue weighted by molar-refractivity contribution is 4.89. The van der Waals surface area contributed by atoms with E-state index in [1.54, 1.807) is 0 Å². The Morgan fingerprint density at radius 3 is 2.15 bits per heavy atom. The van der Waals surface area contributed by atoms with Gasteiger partial charge in [0.2, 0.25) is 0 Å². The lowest BCUT2D eigenvalue weighted by Gasteiger charge is -2.36. The molecule has 2 aliphatic rings. The molecule has 0 radical (unpaired) electrons. The number of hydrogen-bond donors (Lipinski definition) is 0. The van der Waals surface area contributed by atoms with Gasteiger partial charge in [-0.2, -0.15) is 0 Å². The van der Waals surface area contributed by atoms with Crippen molar-refractivity contribution in [2.75, 3.05) is 13.1 Å². The molecule has 0 bridgehead atoms. The summed E-state index contributed by atoms with van der Waals surface area (Å²) in [6, 6.07) is 0.965. The summed E-state index contributed by atoms with van der Waals surface area (Å²) in [6.45, 7) is 9.91. The van der Waals surface area contributed by atoms with Crippen LogP contribution in [0.3, 0.4) is 0 Å². The summed E-state index contributed by atoms with van der Waals surface area (Å²) in [6.07, 6.45) is 5.84. The van der Waals surface area contributed by atoms with Gasteiger partial charge in [-0.15, -0.1) is 0 Å². The lowest BCUT2D eigenvalue weighted by Crippen LogP contribution is -2.39. The van der Waals surface area contributed by atoms with E-state index < -0.39 is 0 Å². The van der Waals surface area contributed by atoms with Crippen molar-refractivity contribution >= 4 is 0 Å². The molecular weight excluding hydrogens is 158 g/mol. The van der Waals surface area contributed by atoms with Gasteiger partial charge >= 0.3 is 0 Å². The highest BCUT2D eigenvalue weighted by atomic mass is 15.2. The van der Waals surface area contributed by atoms with Crippen LogP contribution >= 0.6 is 0 Å². The summed E-state index contributed by atoms with van der Waals surface area (Å²) in [5.41, 5.74) is 0.526. The number of hydrogen-bond acceptors (Lipinski definition) is 1. The van der Waals surface area contributed by atoms with E-state index in [9.17, 15) is 0 Å². The van der Waals surface area contributed by atoms with E-state index in [1.807, 2.05) is 0 Å². The second-order valence-electron chi connectivity index (χ2n) is 5.93. The van der Waals surface area contributed by atoms with E-state index in [1.165, 1.54) is 38.8 Å². The zero-order chi connectivity index (χ0) is 9.47. The SMILES string of the molecule is CC(C)(C)C1CCN(C2CCC2)C1. The van der Waals surface area contributed by atoms with Crippen molar-refractivity contribution in [1.82, 2.24) is 4.90 Å². The van der Waals surface area contributed by atoms with Gasteiger partial charge in [-0.25, -0.2) is 0 Å². The molecule has 1 saturated heterocycles. The third-order valence-electron chi connectivity index (χ3n) is 4.04. The Balaban J connectivity index is 1.86. The van der Waals surface area contributed by atoms with E-state index in [0.29, 0.717) is 5.41 Å². The maximum absolute atomic E-state index is 2.74. The summed E-state index contributed by atoms with van der Waals surface area (Å²) >= 11 is 0. The van der Waals surface area contributed by atoms with Crippen molar-refractivity contribution in [2.24, 2.45) is 11.3 Å². The standard InChI is InChI=1S/C12H23N/c1-12(2,3)10-7-8-13(9-10)11-5-4-6-11/h10-11H,4-9H2,1-3H3. The molecule has 1 unspecified atom stereocenters. The average molecular weight is 181 g/mol. The predicted molar refractivity (Wildman–Crippen MR) is 56.8 cm³/mol. The summed E-state index contributed by atoms with van der Waals surface area (Å²) in [7, 11) is 0. The quantitative estimate of drug-likeness (QED) is 0.601. The van der Waals surface area contributed by atoms with Gasteiger partial charge in [-0.1, -0.05) is 27.2 Å². The first-order chi connectivity index (χ1) is 6.07. The summed E-state index contributed by atoms with van der Waals surface area (Å²) in [5, 5.41) is 0. The molecule has 0 aromatic heterocycles. The van der Waals surface area contributed by atoms with E-state index >= 15 is 0 Å². The Bertz CT molecular complexity index is 176. The Labute approximate surface area is 82.5 Å². The van der Waals surface area contributed by atoms with Gasteiger partial charge in [0.1, 0.15) is 0 Å². The van der Waals surface area contributed by atoms with E-state index in [0.717, 1.165) is 12.0 Å². The summed E-state index contributed by atoms with van der Waals surface area (Å²) in [4.78, 5) is 2.74. The normalized spacial score (nSPS) is 32.1. The molecular formula is C12H23N. The molecule has 2 fully saturated rings. The fourth-order valence-electron chi connectivity index (χ4n) is 2.58. The van der Waals surface area contributed by atoms with Gasteiger partial charge in [-0.05, 0) is 37.1 Å². The maximum atomic E-state index is 2.74. The molecule has 1 aliphatic carbocycles. The van der Waals surface area contributed by atoms with Gasteiger partial charge < -0.3 is 4.90 Å². The van der Waals surface area contributed by atoms with Crippen LogP contribution in [0.25, 0.3) is 0 Å². The van der Waals surface area contributed by atoms with Crippen molar-refractivity contribution < 1.29 is 0 Å². The van der Waals surface area contributed by atoms with Crippen LogP contribution in [0.2, 0.25) is 0 Å². The molecule has 1 nitrogen and oxygen atoms in total. The molecule has 1 atom stereocenters. The van der Waals surface area contributed by atoms with Crippen molar-refractivity contribution in [1.29, 1.82) is 0 Å². The number of nitrogens with zero attached hydrogens (tertiary/aromatic N) is 1. The topological polar surface area (TPSA) is 3.24 Å². The summed E-state index contributed by atoms with van der Waals surface area (Å²) in [5.74, 6) is 0.938. The molecule has 0 amide bonds. The molecule has 1 aliphatic heterocycles. The van der Waals surface area contributed by atoms with Crippen molar-refractivity contribution in [3.05, 3.63) is 0 Å². The smallest absolute Gasteiger partial charge is 0.00953 e. The Morgan fingerprint density at radius 1 is 1.08 bits per heavy atom. The molecule has 0 N–H and O–H groups in total. The van der Waals surface area contributed by atoms with Gasteiger partial charge in [0.25, 0.3) is 0 Å². The highest BCUT2D eigenvalue weighted by Gasteiger charge is 2.36. The van der Waals surface area contributed by atoms with Crippen LogP contribution < -0.4 is 0 Å². The molecule has 0 aromatic rings. The molecule has 76 valence electrons. The number of rotatable bonds is 1. The molecule has 0 aromatic carbocycles. The third-order valence-corrected chi connectivity index (χ3v) is 4.04. The molecule has 1 saturated carbocycles. The van der Waals surface area contributed by atoms with Crippen LogP contribution in [-0.4, -0.2) is 24.0 Å². The first-order valence-electron chi connectivity index (χ1n) is 5.81. The lowest BCUT2D eigenvalue weighted by molar-refractivity contribution is 0.138. The first kappa shape index (κ1) is 9.51. The minimum Gasteiger partial charge on any atom is -0.300 e. The van der Waals surface area contributed by atoms with Crippen LogP contribution in [-0.2, 0) is 0 Å². The molecule has 1 heteroatoms. The highest BCUT2D eigenvalue weighted by Crippen LogP contribution is 2.37. The van der Waals surface area contributed by atoms with Crippen LogP contribution in [0.4, 0.5) is 0 Å². The van der Waals surface area contributed by atoms with Gasteiger partial charge in [0, 0.05) is 12.6 Å². The molecule has 2 rings (SSSR count). The zero-order valence-electron chi connectivity index (χ0n) is 9.34. The van der Waals surface area contributed by atoms with Crippen LogP contribution in [0, 0.1) is 11.3 Å². The van der Waals surface area contributed by atoms with E-state index in [2.05, 4.69) is 25.7 Å². The van der Waals surface area contributed by atoms with Crippen LogP contribution in [0.15, 0.2) is 0 Å². The second kappa shape index (κ2) is 3.27. The predicted octanol–water partition coefficient (Wildman–Crippen LogP) is 2.91. The van der Waals surface area contributed by atoms with Crippen molar-refractivity contribution in [3.8, 4) is 0 Å².